The Morgan fingerprint density at radius 2 is 1.97 bits per heavy atom. The molecule has 2 fully saturated rings. The second kappa shape index (κ2) is 14.4. The predicted octanol–water partition coefficient (Wildman–Crippen LogP) is 1.86. The van der Waals surface area contributed by atoms with Crippen LogP contribution in [0.3, 0.4) is 0 Å². The molecule has 7 heteroatoms. The van der Waals surface area contributed by atoms with Crippen LogP contribution in [0.5, 0.6) is 0 Å². The van der Waals surface area contributed by atoms with Crippen LogP contribution in [-0.4, -0.2) is 42.8 Å². The number of likely N-dealkylation sites (N-methyl/N-ethyl adjacent to an activating group) is 1. The first-order valence-electron chi connectivity index (χ1n) is 11.0. The van der Waals surface area contributed by atoms with Crippen LogP contribution in [0.4, 0.5) is 10.1 Å². The van der Waals surface area contributed by atoms with Crippen molar-refractivity contribution in [3.63, 3.8) is 0 Å². The largest absolute Gasteiger partial charge is 1.00 e. The van der Waals surface area contributed by atoms with Gasteiger partial charge in [-0.1, -0.05) is 24.3 Å². The molecule has 1 aromatic carbocycles. The van der Waals surface area contributed by atoms with Gasteiger partial charge in [0.2, 0.25) is 5.95 Å². The average molecular weight is 460 g/mol. The topological polar surface area (TPSA) is 78.0 Å². The second-order valence-corrected chi connectivity index (χ2v) is 8.07. The Morgan fingerprint density at radius 1 is 1.27 bits per heavy atom. The third-order valence-electron chi connectivity index (χ3n) is 5.95. The molecule has 1 aliphatic carbocycles. The van der Waals surface area contributed by atoms with Gasteiger partial charge in [-0.05, 0) is 69.9 Å². The van der Waals surface area contributed by atoms with Gasteiger partial charge in [0, 0.05) is 29.1 Å². The smallest absolute Gasteiger partial charge is 0.521 e. The van der Waals surface area contributed by atoms with Gasteiger partial charge in [-0.3, -0.25) is 11.5 Å². The van der Waals surface area contributed by atoms with Crippen molar-refractivity contribution in [3.8, 4) is 0 Å². The standard InChI is InChI=1S/C17H19FN4.C7H13N.C2H3.Na/c1-21-16(11-4-5-12(9-19)14(20)8-11)15-7-6-13(10-2-3-10)17(18)22-15;1-3-7-5-4-6-8(7)2;1-2;/h4-10,16,19,21H,2-3,20H2,1H3;3,7H,1,4-6H2,2H3;1H,2H2;/q;;-1;+1. The number of rotatable bonds is 6. The number of likely N-dealkylation sites (tertiary alicyclic amines) is 1. The van der Waals surface area contributed by atoms with E-state index >= 15 is 0 Å². The molecule has 2 unspecified atom stereocenters. The minimum Gasteiger partial charge on any atom is -0.521 e. The van der Waals surface area contributed by atoms with E-state index in [0.29, 0.717) is 28.9 Å². The molecule has 2 heterocycles. The Labute approximate surface area is 220 Å². The Morgan fingerprint density at radius 3 is 2.39 bits per heavy atom. The van der Waals surface area contributed by atoms with Crippen LogP contribution in [0.2, 0.25) is 0 Å². The SMILES string of the molecule is C=CC1CCCN1C.CNC(c1ccc(C=N)c(N)c1)c1ccc(C2CC2)c(F)n1.[CH-]=C.[Na+]. The van der Waals surface area contributed by atoms with Crippen LogP contribution in [-0.2, 0) is 0 Å². The van der Waals surface area contributed by atoms with Gasteiger partial charge < -0.3 is 23.0 Å². The number of hydrogen-bond donors (Lipinski definition) is 3. The molecule has 2 aromatic rings. The number of benzene rings is 1. The van der Waals surface area contributed by atoms with Crippen molar-refractivity contribution in [3.05, 3.63) is 84.5 Å². The molecule has 0 amide bonds. The van der Waals surface area contributed by atoms with Crippen molar-refractivity contribution >= 4 is 11.9 Å². The Balaban J connectivity index is 0.000000418. The van der Waals surface area contributed by atoms with Crippen LogP contribution in [0.25, 0.3) is 0 Å². The molecule has 172 valence electrons. The zero-order chi connectivity index (χ0) is 23.7. The van der Waals surface area contributed by atoms with Gasteiger partial charge >= 0.3 is 29.6 Å². The molecular formula is C26H35FN5Na. The fourth-order valence-corrected chi connectivity index (χ4v) is 3.94. The third-order valence-corrected chi connectivity index (χ3v) is 5.95. The van der Waals surface area contributed by atoms with Gasteiger partial charge in [-0.2, -0.15) is 4.39 Å². The van der Waals surface area contributed by atoms with Crippen LogP contribution >= 0.6 is 0 Å². The quantitative estimate of drug-likeness (QED) is 0.154. The fraction of sp³-hybridized carbons (Fsp3) is 0.385. The summed E-state index contributed by atoms with van der Waals surface area (Å²) in [5.74, 6) is -0.0264. The van der Waals surface area contributed by atoms with Crippen LogP contribution in [0.15, 0.2) is 49.6 Å². The normalized spacial score (nSPS) is 18.0. The maximum absolute atomic E-state index is 14.2. The van der Waals surface area contributed by atoms with Crippen molar-refractivity contribution < 1.29 is 33.9 Å². The van der Waals surface area contributed by atoms with E-state index in [1.165, 1.54) is 25.6 Å². The summed E-state index contributed by atoms with van der Waals surface area (Å²) in [7, 11) is 3.96. The molecule has 1 aliphatic heterocycles. The Bertz CT molecular complexity index is 916. The Hall–Kier alpha value is -1.83. The second-order valence-electron chi connectivity index (χ2n) is 8.07. The summed E-state index contributed by atoms with van der Waals surface area (Å²) >= 11 is 0. The third kappa shape index (κ3) is 7.87. The minimum atomic E-state index is -0.371. The number of halogens is 1. The van der Waals surface area contributed by atoms with Gasteiger partial charge in [0.25, 0.3) is 0 Å². The number of aromatic nitrogens is 1. The van der Waals surface area contributed by atoms with E-state index in [1.807, 2.05) is 24.3 Å². The number of pyridine rings is 1. The van der Waals surface area contributed by atoms with Gasteiger partial charge in [0.1, 0.15) is 0 Å². The molecule has 4 rings (SSSR count). The first-order valence-corrected chi connectivity index (χ1v) is 11.0. The van der Waals surface area contributed by atoms with Crippen molar-refractivity contribution in [2.75, 3.05) is 26.4 Å². The molecule has 0 radical (unpaired) electrons. The van der Waals surface area contributed by atoms with Crippen molar-refractivity contribution in [2.24, 2.45) is 0 Å². The summed E-state index contributed by atoms with van der Waals surface area (Å²) in [6, 6.07) is 9.62. The number of nitrogens with two attached hydrogens (primary N) is 1. The van der Waals surface area contributed by atoms with E-state index in [-0.39, 0.29) is 41.5 Å². The van der Waals surface area contributed by atoms with Crippen LogP contribution in [0.1, 0.15) is 60.0 Å². The summed E-state index contributed by atoms with van der Waals surface area (Å²) < 4.78 is 14.2. The fourth-order valence-electron chi connectivity index (χ4n) is 3.94. The summed E-state index contributed by atoms with van der Waals surface area (Å²) in [6.07, 6.45) is 8.00. The number of nitrogens with zero attached hydrogens (tertiary/aromatic N) is 2. The van der Waals surface area contributed by atoms with E-state index in [0.717, 1.165) is 24.0 Å². The molecule has 1 aromatic heterocycles. The first kappa shape index (κ1) is 29.2. The minimum absolute atomic E-state index is 0. The number of anilines is 1. The van der Waals surface area contributed by atoms with E-state index in [2.05, 4.69) is 42.0 Å². The van der Waals surface area contributed by atoms with Gasteiger partial charge in [-0.15, -0.1) is 6.58 Å². The number of nitrogen functional groups attached to an aromatic ring is 1. The monoisotopic (exact) mass is 459 g/mol. The molecule has 1 saturated heterocycles. The maximum Gasteiger partial charge on any atom is 1.00 e. The molecule has 4 N–H and O–H groups in total. The summed E-state index contributed by atoms with van der Waals surface area (Å²) in [5.41, 5.74) is 9.38. The molecule has 33 heavy (non-hydrogen) atoms. The van der Waals surface area contributed by atoms with Crippen LogP contribution in [0, 0.1) is 17.9 Å². The van der Waals surface area contributed by atoms with Crippen molar-refractivity contribution in [1.82, 2.24) is 15.2 Å². The summed E-state index contributed by atoms with van der Waals surface area (Å²) in [6.45, 7) is 12.0. The van der Waals surface area contributed by atoms with Gasteiger partial charge in [0.15, 0.2) is 0 Å². The van der Waals surface area contributed by atoms with Crippen LogP contribution < -0.4 is 40.6 Å². The van der Waals surface area contributed by atoms with E-state index in [4.69, 9.17) is 11.1 Å². The molecule has 2 atom stereocenters. The number of hydrogen-bond acceptors (Lipinski definition) is 5. The molecular weight excluding hydrogens is 424 g/mol. The zero-order valence-corrected chi connectivity index (χ0v) is 22.2. The molecule has 5 nitrogen and oxygen atoms in total. The zero-order valence-electron chi connectivity index (χ0n) is 20.2. The maximum atomic E-state index is 14.2. The van der Waals surface area contributed by atoms with Crippen molar-refractivity contribution in [1.29, 1.82) is 5.41 Å². The first-order chi connectivity index (χ1) is 15.5. The van der Waals surface area contributed by atoms with E-state index < -0.39 is 0 Å². The van der Waals surface area contributed by atoms with Gasteiger partial charge in [0.05, 0.1) is 11.7 Å². The predicted molar refractivity (Wildman–Crippen MR) is 132 cm³/mol. The Kier molecular flexibility index (Phi) is 12.8. The van der Waals surface area contributed by atoms with E-state index in [9.17, 15) is 4.39 Å². The summed E-state index contributed by atoms with van der Waals surface area (Å²) in [4.78, 5) is 6.48. The average Bonchev–Trinajstić information content (AvgIpc) is 3.56. The molecule has 1 saturated carbocycles. The number of nitrogens with one attached hydrogen (secondary N) is 2. The van der Waals surface area contributed by atoms with E-state index in [1.54, 1.807) is 19.2 Å². The molecule has 0 bridgehead atoms. The van der Waals surface area contributed by atoms with Gasteiger partial charge in [-0.25, -0.2) is 4.98 Å². The molecule has 0 spiro atoms. The van der Waals surface area contributed by atoms with Crippen molar-refractivity contribution in [2.45, 2.75) is 43.7 Å². The summed E-state index contributed by atoms with van der Waals surface area (Å²) in [5, 5.41) is 10.4. The molecule has 2 aliphatic rings.